The van der Waals surface area contributed by atoms with Gasteiger partial charge in [0.1, 0.15) is 4.21 Å². The first kappa shape index (κ1) is 16.2. The highest BCUT2D eigenvalue weighted by Crippen LogP contribution is 2.35. The molecule has 1 aliphatic rings. The highest BCUT2D eigenvalue weighted by molar-refractivity contribution is 7.91. The number of carbonyl (C=O) groups is 1. The summed E-state index contributed by atoms with van der Waals surface area (Å²) in [4.78, 5) is 11.1. The summed E-state index contributed by atoms with van der Waals surface area (Å²) in [5.74, 6) is -0.489. The van der Waals surface area contributed by atoms with E-state index in [0.717, 1.165) is 24.0 Å². The molecule has 1 aliphatic carbocycles. The van der Waals surface area contributed by atoms with E-state index < -0.39 is 15.9 Å². The summed E-state index contributed by atoms with van der Waals surface area (Å²) in [5, 5.41) is 1.85. The number of primary amides is 1. The van der Waals surface area contributed by atoms with Crippen molar-refractivity contribution in [3.63, 3.8) is 0 Å². The van der Waals surface area contributed by atoms with Crippen molar-refractivity contribution in [3.05, 3.63) is 52.4 Å². The average Bonchev–Trinajstić information content (AvgIpc) is 3.25. The van der Waals surface area contributed by atoms with Crippen molar-refractivity contribution in [2.75, 3.05) is 0 Å². The Bertz CT molecular complexity index is 821. The van der Waals surface area contributed by atoms with Crippen LogP contribution in [0.4, 0.5) is 0 Å². The van der Waals surface area contributed by atoms with E-state index in [1.54, 1.807) is 34.6 Å². The largest absolute Gasteiger partial charge is 0.366 e. The number of carbonyl (C=O) groups excluding carboxylic acids is 1. The molecule has 0 unspecified atom stereocenters. The van der Waals surface area contributed by atoms with Gasteiger partial charge in [-0.15, -0.1) is 11.3 Å². The third-order valence-electron chi connectivity index (χ3n) is 3.80. The van der Waals surface area contributed by atoms with Crippen LogP contribution < -0.4 is 5.73 Å². The molecule has 0 aliphatic heterocycles. The Morgan fingerprint density at radius 3 is 2.43 bits per heavy atom. The molecule has 0 bridgehead atoms. The third kappa shape index (κ3) is 3.46. The van der Waals surface area contributed by atoms with Gasteiger partial charge in [-0.25, -0.2) is 8.42 Å². The van der Waals surface area contributed by atoms with Gasteiger partial charge in [-0.2, -0.15) is 4.31 Å². The number of nitrogens with two attached hydrogens (primary N) is 1. The minimum atomic E-state index is -3.48. The summed E-state index contributed by atoms with van der Waals surface area (Å²) in [5.41, 5.74) is 7.45. The van der Waals surface area contributed by atoms with Gasteiger partial charge in [0.2, 0.25) is 5.91 Å². The standard InChI is InChI=1S/C16H18N2O3S2/c1-11-8-15(22-10-11)23(20,21)18(14-6-7-14)9-12-2-4-13(5-3-12)16(17)19/h2-5,8,10,14H,6-7,9H2,1H3,(H2,17,19). The predicted molar refractivity (Wildman–Crippen MR) is 89.8 cm³/mol. The molecule has 7 heteroatoms. The second kappa shape index (κ2) is 6.07. The Balaban J connectivity index is 1.86. The van der Waals surface area contributed by atoms with Crippen molar-refractivity contribution in [1.82, 2.24) is 4.31 Å². The lowest BCUT2D eigenvalue weighted by Gasteiger charge is -2.21. The lowest BCUT2D eigenvalue weighted by molar-refractivity contribution is 0.1000. The van der Waals surface area contributed by atoms with Crippen molar-refractivity contribution >= 4 is 27.3 Å². The number of amides is 1. The molecule has 0 saturated heterocycles. The van der Waals surface area contributed by atoms with Crippen LogP contribution in [-0.2, 0) is 16.6 Å². The summed E-state index contributed by atoms with van der Waals surface area (Å²) in [6.45, 7) is 2.20. The number of nitrogens with zero attached hydrogens (tertiary/aromatic N) is 1. The lowest BCUT2D eigenvalue weighted by Crippen LogP contribution is -2.32. The smallest absolute Gasteiger partial charge is 0.253 e. The average molecular weight is 350 g/mol. The molecule has 1 saturated carbocycles. The van der Waals surface area contributed by atoms with E-state index in [1.165, 1.54) is 11.3 Å². The van der Waals surface area contributed by atoms with Crippen LogP contribution >= 0.6 is 11.3 Å². The molecular weight excluding hydrogens is 332 g/mol. The van der Waals surface area contributed by atoms with E-state index in [-0.39, 0.29) is 6.04 Å². The van der Waals surface area contributed by atoms with Crippen LogP contribution in [0.2, 0.25) is 0 Å². The number of benzene rings is 1. The molecule has 1 heterocycles. The minimum Gasteiger partial charge on any atom is -0.366 e. The van der Waals surface area contributed by atoms with Crippen LogP contribution in [0.1, 0.15) is 34.3 Å². The van der Waals surface area contributed by atoms with Crippen molar-refractivity contribution in [3.8, 4) is 0 Å². The van der Waals surface area contributed by atoms with Gasteiger partial charge in [-0.3, -0.25) is 4.79 Å². The van der Waals surface area contributed by atoms with E-state index in [4.69, 9.17) is 5.73 Å². The second-order valence-electron chi connectivity index (χ2n) is 5.79. The van der Waals surface area contributed by atoms with Crippen molar-refractivity contribution in [1.29, 1.82) is 0 Å². The molecule has 0 atom stereocenters. The molecule has 1 fully saturated rings. The Kier molecular flexibility index (Phi) is 4.27. The SMILES string of the molecule is Cc1csc(S(=O)(=O)N(Cc2ccc(C(N)=O)cc2)C2CC2)c1. The Hall–Kier alpha value is -1.70. The van der Waals surface area contributed by atoms with Gasteiger partial charge in [-0.1, -0.05) is 12.1 Å². The van der Waals surface area contributed by atoms with Crippen molar-refractivity contribution < 1.29 is 13.2 Å². The van der Waals surface area contributed by atoms with Crippen LogP contribution in [0, 0.1) is 6.92 Å². The van der Waals surface area contributed by atoms with Crippen molar-refractivity contribution in [2.45, 2.75) is 36.6 Å². The maximum absolute atomic E-state index is 12.9. The molecule has 2 aromatic rings. The Labute approximate surface area is 139 Å². The summed E-state index contributed by atoms with van der Waals surface area (Å²) in [6.07, 6.45) is 1.78. The number of sulfonamides is 1. The fourth-order valence-corrected chi connectivity index (χ4v) is 5.41. The molecule has 23 heavy (non-hydrogen) atoms. The lowest BCUT2D eigenvalue weighted by atomic mass is 10.1. The molecular formula is C16H18N2O3S2. The monoisotopic (exact) mass is 350 g/mol. The Morgan fingerprint density at radius 1 is 1.30 bits per heavy atom. The van der Waals surface area contributed by atoms with Gasteiger partial charge in [-0.05, 0) is 54.5 Å². The Morgan fingerprint density at radius 2 is 1.96 bits per heavy atom. The number of aryl methyl sites for hydroxylation is 1. The van der Waals surface area contributed by atoms with Gasteiger partial charge >= 0.3 is 0 Å². The van der Waals surface area contributed by atoms with Gasteiger partial charge in [0.25, 0.3) is 10.0 Å². The summed E-state index contributed by atoms with van der Waals surface area (Å²) in [7, 11) is -3.48. The molecule has 1 aromatic heterocycles. The van der Waals surface area contributed by atoms with Crippen LogP contribution in [0.3, 0.4) is 0 Å². The quantitative estimate of drug-likeness (QED) is 0.869. The number of hydrogen-bond acceptors (Lipinski definition) is 4. The second-order valence-corrected chi connectivity index (χ2v) is 8.81. The normalized spacial score (nSPS) is 15.0. The first-order valence-corrected chi connectivity index (χ1v) is 9.65. The van der Waals surface area contributed by atoms with Gasteiger partial charge in [0.15, 0.2) is 0 Å². The molecule has 1 amide bonds. The van der Waals surface area contributed by atoms with Crippen LogP contribution in [0.25, 0.3) is 0 Å². The molecule has 2 N–H and O–H groups in total. The number of rotatable bonds is 6. The summed E-state index contributed by atoms with van der Waals surface area (Å²) < 4.78 is 27.7. The van der Waals surface area contributed by atoms with E-state index in [2.05, 4.69) is 0 Å². The van der Waals surface area contributed by atoms with E-state index in [1.807, 2.05) is 12.3 Å². The van der Waals surface area contributed by atoms with Crippen LogP contribution in [0.15, 0.2) is 39.9 Å². The third-order valence-corrected chi connectivity index (χ3v) is 7.23. The van der Waals surface area contributed by atoms with Crippen molar-refractivity contribution in [2.24, 2.45) is 5.73 Å². The number of thiophene rings is 1. The van der Waals surface area contributed by atoms with E-state index in [0.29, 0.717) is 16.3 Å². The van der Waals surface area contributed by atoms with E-state index >= 15 is 0 Å². The zero-order valence-electron chi connectivity index (χ0n) is 12.7. The fourth-order valence-electron chi connectivity index (χ4n) is 2.38. The molecule has 3 rings (SSSR count). The molecule has 5 nitrogen and oxygen atoms in total. The van der Waals surface area contributed by atoms with Gasteiger partial charge in [0, 0.05) is 18.2 Å². The predicted octanol–water partition coefficient (Wildman–Crippen LogP) is 2.51. The fraction of sp³-hybridized carbons (Fsp3) is 0.312. The molecule has 1 aromatic carbocycles. The zero-order valence-corrected chi connectivity index (χ0v) is 14.4. The minimum absolute atomic E-state index is 0.0678. The maximum Gasteiger partial charge on any atom is 0.253 e. The molecule has 0 radical (unpaired) electrons. The first-order valence-electron chi connectivity index (χ1n) is 7.33. The first-order chi connectivity index (χ1) is 10.9. The molecule has 0 spiro atoms. The highest BCUT2D eigenvalue weighted by Gasteiger charge is 2.38. The molecule has 122 valence electrons. The van der Waals surface area contributed by atoms with E-state index in [9.17, 15) is 13.2 Å². The topological polar surface area (TPSA) is 80.5 Å². The number of hydrogen-bond donors (Lipinski definition) is 1. The highest BCUT2D eigenvalue weighted by atomic mass is 32.2. The maximum atomic E-state index is 12.9. The summed E-state index contributed by atoms with van der Waals surface area (Å²) >= 11 is 1.26. The zero-order chi connectivity index (χ0) is 16.6. The van der Waals surface area contributed by atoms with Gasteiger partial charge in [0.05, 0.1) is 0 Å². The van der Waals surface area contributed by atoms with Gasteiger partial charge < -0.3 is 5.73 Å². The van der Waals surface area contributed by atoms with Crippen LogP contribution in [-0.4, -0.2) is 24.7 Å². The summed E-state index contributed by atoms with van der Waals surface area (Å²) in [6, 6.07) is 8.55. The van der Waals surface area contributed by atoms with Crippen LogP contribution in [0.5, 0.6) is 0 Å².